The van der Waals surface area contributed by atoms with E-state index in [2.05, 4.69) is 39.8 Å². The van der Waals surface area contributed by atoms with Crippen molar-refractivity contribution < 1.29 is 0 Å². The number of rotatable bonds is 5. The van der Waals surface area contributed by atoms with Gasteiger partial charge >= 0.3 is 0 Å². The molecule has 3 heteroatoms. The van der Waals surface area contributed by atoms with Crippen LogP contribution in [0.1, 0.15) is 32.8 Å². The van der Waals surface area contributed by atoms with Crippen molar-refractivity contribution >= 4 is 11.6 Å². The molecule has 1 aromatic rings. The van der Waals surface area contributed by atoms with Crippen LogP contribution in [0, 0.1) is 5.92 Å². The summed E-state index contributed by atoms with van der Waals surface area (Å²) in [6.45, 7) is 6.59. The first-order valence-electron chi connectivity index (χ1n) is 6.48. The lowest BCUT2D eigenvalue weighted by molar-refractivity contribution is 0.167. The topological polar surface area (TPSA) is 29.3 Å². The number of nitrogens with zero attached hydrogens (tertiary/aromatic N) is 1. The summed E-state index contributed by atoms with van der Waals surface area (Å²) in [6, 6.07) is 8.19. The number of halogens is 1. The Hall–Kier alpha value is -0.570. The van der Waals surface area contributed by atoms with E-state index in [4.69, 9.17) is 17.3 Å². The van der Waals surface area contributed by atoms with E-state index < -0.39 is 0 Å². The maximum atomic E-state index is 6.73. The van der Waals surface area contributed by atoms with Gasteiger partial charge in [0.25, 0.3) is 0 Å². The van der Waals surface area contributed by atoms with Crippen molar-refractivity contribution in [1.29, 1.82) is 0 Å². The molecule has 0 saturated carbocycles. The third-order valence-corrected chi connectivity index (χ3v) is 3.90. The molecule has 0 aliphatic carbocycles. The van der Waals surface area contributed by atoms with Gasteiger partial charge in [-0.1, -0.05) is 37.6 Å². The maximum absolute atomic E-state index is 6.73. The smallest absolute Gasteiger partial charge is 0.0566 e. The molecule has 0 aromatic heterocycles. The molecule has 0 spiro atoms. The Kier molecular flexibility index (Phi) is 5.20. The highest BCUT2D eigenvalue weighted by molar-refractivity contribution is 6.30. The molecule has 0 saturated heterocycles. The molecule has 0 aliphatic rings. The lowest BCUT2D eigenvalue weighted by Crippen LogP contribution is -2.53. The molecular weight excluding hydrogens is 244 g/mol. The van der Waals surface area contributed by atoms with Crippen molar-refractivity contribution in [2.45, 2.75) is 38.8 Å². The van der Waals surface area contributed by atoms with Gasteiger partial charge in [-0.25, -0.2) is 0 Å². The average molecular weight is 269 g/mol. The second-order valence-corrected chi connectivity index (χ2v) is 6.22. The summed E-state index contributed by atoms with van der Waals surface area (Å²) in [7, 11) is 4.14. The number of hydrogen-bond acceptors (Lipinski definition) is 2. The molecule has 0 amide bonds. The van der Waals surface area contributed by atoms with Crippen molar-refractivity contribution in [2.75, 3.05) is 14.1 Å². The van der Waals surface area contributed by atoms with Gasteiger partial charge in [0.1, 0.15) is 0 Å². The van der Waals surface area contributed by atoms with Crippen LogP contribution in [0.3, 0.4) is 0 Å². The average Bonchev–Trinajstić information content (AvgIpc) is 2.27. The molecule has 1 aromatic carbocycles. The van der Waals surface area contributed by atoms with Gasteiger partial charge in [0, 0.05) is 11.1 Å². The molecule has 2 nitrogen and oxygen atoms in total. The van der Waals surface area contributed by atoms with Crippen LogP contribution in [0.15, 0.2) is 24.3 Å². The quantitative estimate of drug-likeness (QED) is 0.886. The summed E-state index contributed by atoms with van der Waals surface area (Å²) in [4.78, 5) is 2.18. The van der Waals surface area contributed by atoms with Crippen molar-refractivity contribution in [3.05, 3.63) is 34.9 Å². The SMILES string of the molecule is CC(C)CC(N)(c1ccc(Cl)cc1)C(C)N(C)C. The normalized spacial score (nSPS) is 16.9. The standard InChI is InChI=1S/C15H25ClN2/c1-11(2)10-15(17,12(3)18(4)5)13-6-8-14(16)9-7-13/h6-9,11-12H,10,17H2,1-5H3. The summed E-state index contributed by atoms with van der Waals surface area (Å²) in [5.41, 5.74) is 7.54. The van der Waals surface area contributed by atoms with Crippen LogP contribution in [0.4, 0.5) is 0 Å². The van der Waals surface area contributed by atoms with E-state index in [-0.39, 0.29) is 11.6 Å². The van der Waals surface area contributed by atoms with Gasteiger partial charge in [-0.3, -0.25) is 0 Å². The molecule has 0 fully saturated rings. The molecular formula is C15H25ClN2. The molecule has 18 heavy (non-hydrogen) atoms. The highest BCUT2D eigenvalue weighted by Gasteiger charge is 2.35. The first kappa shape index (κ1) is 15.5. The summed E-state index contributed by atoms with van der Waals surface area (Å²) in [5.74, 6) is 0.549. The second kappa shape index (κ2) is 6.05. The Bertz CT molecular complexity index is 373. The monoisotopic (exact) mass is 268 g/mol. The number of hydrogen-bond donors (Lipinski definition) is 1. The van der Waals surface area contributed by atoms with E-state index in [0.717, 1.165) is 17.0 Å². The number of benzene rings is 1. The molecule has 2 unspecified atom stereocenters. The fraction of sp³-hybridized carbons (Fsp3) is 0.600. The zero-order chi connectivity index (χ0) is 13.9. The molecule has 0 radical (unpaired) electrons. The van der Waals surface area contributed by atoms with E-state index in [1.165, 1.54) is 0 Å². The molecule has 102 valence electrons. The summed E-state index contributed by atoms with van der Waals surface area (Å²) in [6.07, 6.45) is 0.952. The van der Waals surface area contributed by atoms with Crippen LogP contribution >= 0.6 is 11.6 Å². The maximum Gasteiger partial charge on any atom is 0.0566 e. The van der Waals surface area contributed by atoms with Crippen molar-refractivity contribution in [3.63, 3.8) is 0 Å². The highest BCUT2D eigenvalue weighted by atomic mass is 35.5. The number of likely N-dealkylation sites (N-methyl/N-ethyl adjacent to an activating group) is 1. The Morgan fingerprint density at radius 3 is 2.06 bits per heavy atom. The van der Waals surface area contributed by atoms with Crippen molar-refractivity contribution in [1.82, 2.24) is 4.90 Å². The summed E-state index contributed by atoms with van der Waals surface area (Å²) >= 11 is 5.96. The first-order chi connectivity index (χ1) is 8.27. The molecule has 1 rings (SSSR count). The van der Waals surface area contributed by atoms with Gasteiger partial charge in [0.05, 0.1) is 5.54 Å². The molecule has 0 aliphatic heterocycles. The molecule has 2 N–H and O–H groups in total. The Morgan fingerprint density at radius 1 is 1.17 bits per heavy atom. The fourth-order valence-corrected chi connectivity index (χ4v) is 2.55. The molecule has 0 bridgehead atoms. The van der Waals surface area contributed by atoms with Gasteiger partial charge in [0.2, 0.25) is 0 Å². The van der Waals surface area contributed by atoms with Gasteiger partial charge < -0.3 is 10.6 Å². The van der Waals surface area contributed by atoms with Gasteiger partial charge in [-0.2, -0.15) is 0 Å². The number of nitrogens with two attached hydrogens (primary N) is 1. The molecule has 2 atom stereocenters. The van der Waals surface area contributed by atoms with E-state index in [1.807, 2.05) is 24.3 Å². The third-order valence-electron chi connectivity index (χ3n) is 3.65. The Balaban J connectivity index is 3.15. The highest BCUT2D eigenvalue weighted by Crippen LogP contribution is 2.32. The minimum absolute atomic E-state index is 0.265. The Morgan fingerprint density at radius 2 is 1.67 bits per heavy atom. The zero-order valence-corrected chi connectivity index (χ0v) is 12.8. The van der Waals surface area contributed by atoms with Crippen LogP contribution in [0.2, 0.25) is 5.02 Å². The predicted molar refractivity (Wildman–Crippen MR) is 79.9 cm³/mol. The van der Waals surface area contributed by atoms with Crippen molar-refractivity contribution in [3.8, 4) is 0 Å². The zero-order valence-electron chi connectivity index (χ0n) is 12.1. The molecule has 0 heterocycles. The second-order valence-electron chi connectivity index (χ2n) is 5.78. The van der Waals surface area contributed by atoms with Crippen LogP contribution in [-0.4, -0.2) is 25.0 Å². The van der Waals surface area contributed by atoms with Crippen LogP contribution in [0.5, 0.6) is 0 Å². The van der Waals surface area contributed by atoms with E-state index in [9.17, 15) is 0 Å². The van der Waals surface area contributed by atoms with Crippen LogP contribution in [0.25, 0.3) is 0 Å². The van der Waals surface area contributed by atoms with Crippen LogP contribution in [-0.2, 0) is 5.54 Å². The minimum atomic E-state index is -0.345. The van der Waals surface area contributed by atoms with E-state index >= 15 is 0 Å². The Labute approximate surface area is 116 Å². The summed E-state index contributed by atoms with van der Waals surface area (Å²) < 4.78 is 0. The lowest BCUT2D eigenvalue weighted by Gasteiger charge is -2.41. The van der Waals surface area contributed by atoms with Crippen LogP contribution < -0.4 is 5.73 Å². The fourth-order valence-electron chi connectivity index (χ4n) is 2.43. The minimum Gasteiger partial charge on any atom is -0.320 e. The predicted octanol–water partition coefficient (Wildman–Crippen LogP) is 3.49. The lowest BCUT2D eigenvalue weighted by atomic mass is 9.77. The summed E-state index contributed by atoms with van der Waals surface area (Å²) in [5, 5.41) is 0.753. The van der Waals surface area contributed by atoms with Gasteiger partial charge in [-0.05, 0) is 51.1 Å². The first-order valence-corrected chi connectivity index (χ1v) is 6.86. The van der Waals surface area contributed by atoms with Gasteiger partial charge in [-0.15, -0.1) is 0 Å². The largest absolute Gasteiger partial charge is 0.320 e. The third kappa shape index (κ3) is 3.47. The van der Waals surface area contributed by atoms with E-state index in [0.29, 0.717) is 5.92 Å². The van der Waals surface area contributed by atoms with Crippen molar-refractivity contribution in [2.24, 2.45) is 11.7 Å². The van der Waals surface area contributed by atoms with E-state index in [1.54, 1.807) is 0 Å². The van der Waals surface area contributed by atoms with Gasteiger partial charge in [0.15, 0.2) is 0 Å².